The van der Waals surface area contributed by atoms with Gasteiger partial charge in [0.2, 0.25) is 0 Å². The van der Waals surface area contributed by atoms with Gasteiger partial charge in [0.05, 0.1) is 11.4 Å². The Hall–Kier alpha value is -2.72. The second kappa shape index (κ2) is 5.39. The predicted octanol–water partition coefficient (Wildman–Crippen LogP) is 4.83. The summed E-state index contributed by atoms with van der Waals surface area (Å²) in [7, 11) is 2.12. The molecular formula is C21H16N2OS. The number of thioether (sulfide) groups is 1. The largest absolute Gasteiger partial charge is 0.344 e. The zero-order chi connectivity index (χ0) is 17.0. The van der Waals surface area contributed by atoms with Crippen molar-refractivity contribution in [3.05, 3.63) is 77.1 Å². The van der Waals surface area contributed by atoms with Gasteiger partial charge in [0, 0.05) is 39.1 Å². The van der Waals surface area contributed by atoms with Crippen molar-refractivity contribution in [3.63, 3.8) is 0 Å². The number of rotatable bonds is 0. The molecule has 0 aliphatic carbocycles. The molecule has 0 unspecified atom stereocenters. The minimum absolute atomic E-state index is 0.163. The summed E-state index contributed by atoms with van der Waals surface area (Å²) in [5.41, 5.74) is 3.86. The van der Waals surface area contributed by atoms with Gasteiger partial charge in [-0.3, -0.25) is 9.36 Å². The van der Waals surface area contributed by atoms with E-state index in [4.69, 9.17) is 0 Å². The minimum atomic E-state index is 0.163. The molecule has 1 aliphatic rings. The van der Waals surface area contributed by atoms with Crippen molar-refractivity contribution < 1.29 is 0 Å². The van der Waals surface area contributed by atoms with Crippen molar-refractivity contribution >= 4 is 44.5 Å². The summed E-state index contributed by atoms with van der Waals surface area (Å²) in [5.74, 6) is 0.799. The maximum absolute atomic E-state index is 11.4. The number of aryl methyl sites for hydroxylation is 1. The molecule has 0 saturated carbocycles. The van der Waals surface area contributed by atoms with E-state index in [9.17, 15) is 4.79 Å². The molecule has 25 heavy (non-hydrogen) atoms. The summed E-state index contributed by atoms with van der Waals surface area (Å²) >= 11 is 1.74. The van der Waals surface area contributed by atoms with E-state index in [1.54, 1.807) is 11.8 Å². The van der Waals surface area contributed by atoms with E-state index in [0.717, 1.165) is 16.8 Å². The van der Waals surface area contributed by atoms with Gasteiger partial charge in [-0.15, -0.1) is 11.8 Å². The SMILES string of the molecule is Cn1c2ccccc2c2ccccc21.O=c1c2ccc3c(c2)SCn13. The molecule has 1 aliphatic heterocycles. The second-order valence-electron chi connectivity index (χ2n) is 6.28. The average Bonchev–Trinajstić information content (AvgIpc) is 3.18. The predicted molar refractivity (Wildman–Crippen MR) is 106 cm³/mol. The van der Waals surface area contributed by atoms with Crippen molar-refractivity contribution in [1.29, 1.82) is 0 Å². The van der Waals surface area contributed by atoms with Crippen molar-refractivity contribution in [3.8, 4) is 0 Å². The van der Waals surface area contributed by atoms with Crippen LogP contribution in [-0.2, 0) is 12.9 Å². The second-order valence-corrected chi connectivity index (χ2v) is 7.27. The molecule has 3 aromatic heterocycles. The van der Waals surface area contributed by atoms with Gasteiger partial charge in [0.25, 0.3) is 5.56 Å². The summed E-state index contributed by atoms with van der Waals surface area (Å²) in [5, 5.41) is 3.51. The van der Waals surface area contributed by atoms with Crippen LogP contribution in [0.5, 0.6) is 0 Å². The Labute approximate surface area is 148 Å². The first kappa shape index (κ1) is 14.6. The molecule has 0 spiro atoms. The van der Waals surface area contributed by atoms with E-state index in [0.29, 0.717) is 0 Å². The first-order valence-electron chi connectivity index (χ1n) is 8.25. The van der Waals surface area contributed by atoms with E-state index in [1.165, 1.54) is 26.7 Å². The van der Waals surface area contributed by atoms with E-state index in [2.05, 4.69) is 60.1 Å². The molecule has 3 aromatic carbocycles. The Kier molecular flexibility index (Phi) is 3.15. The molecule has 122 valence electrons. The van der Waals surface area contributed by atoms with Gasteiger partial charge < -0.3 is 4.57 Å². The van der Waals surface area contributed by atoms with Crippen LogP contribution in [0.15, 0.2) is 76.4 Å². The van der Waals surface area contributed by atoms with Crippen LogP contribution in [-0.4, -0.2) is 9.13 Å². The fraction of sp³-hybridized carbons (Fsp3) is 0.0952. The van der Waals surface area contributed by atoms with Gasteiger partial charge in [0.1, 0.15) is 0 Å². The number of hydrogen-bond acceptors (Lipinski definition) is 2. The van der Waals surface area contributed by atoms with E-state index < -0.39 is 0 Å². The smallest absolute Gasteiger partial charge is 0.259 e. The van der Waals surface area contributed by atoms with Crippen LogP contribution in [0.3, 0.4) is 0 Å². The van der Waals surface area contributed by atoms with Gasteiger partial charge in [-0.05, 0) is 30.3 Å². The summed E-state index contributed by atoms with van der Waals surface area (Å²) < 4.78 is 4.07. The van der Waals surface area contributed by atoms with E-state index in [-0.39, 0.29) is 5.56 Å². The molecule has 6 aromatic rings. The molecule has 0 atom stereocenters. The fourth-order valence-electron chi connectivity index (χ4n) is 3.63. The highest BCUT2D eigenvalue weighted by molar-refractivity contribution is 7.98. The lowest BCUT2D eigenvalue weighted by Gasteiger charge is -2.01. The number of aromatic nitrogens is 2. The summed E-state index contributed by atoms with van der Waals surface area (Å²) in [4.78, 5) is 12.7. The fourth-order valence-corrected chi connectivity index (χ4v) is 4.69. The maximum Gasteiger partial charge on any atom is 0.259 e. The summed E-state index contributed by atoms with van der Waals surface area (Å²) in [6.45, 7) is 0. The van der Waals surface area contributed by atoms with Crippen molar-refractivity contribution in [2.45, 2.75) is 10.8 Å². The monoisotopic (exact) mass is 344 g/mol. The number of benzene rings is 3. The highest BCUT2D eigenvalue weighted by atomic mass is 32.2. The Morgan fingerprint density at radius 2 is 1.48 bits per heavy atom. The van der Waals surface area contributed by atoms with Crippen LogP contribution >= 0.6 is 11.8 Å². The zero-order valence-electron chi connectivity index (χ0n) is 13.8. The van der Waals surface area contributed by atoms with Gasteiger partial charge in [-0.25, -0.2) is 0 Å². The number of fused-ring (bicyclic) bond motifs is 4. The molecule has 4 bridgehead atoms. The van der Waals surface area contributed by atoms with Crippen molar-refractivity contribution in [1.82, 2.24) is 9.13 Å². The lowest BCUT2D eigenvalue weighted by molar-refractivity contribution is 0.896. The first-order valence-corrected chi connectivity index (χ1v) is 9.23. The van der Waals surface area contributed by atoms with Crippen LogP contribution in [0.2, 0.25) is 0 Å². The standard InChI is InChI=1S/C13H11N.C8H5NOS/c1-14-12-8-4-2-6-10(12)11-7-3-5-9-13(11)14;10-8-5-1-2-6-7(3-5)11-4-9(6)8/h2-9H,1H3;1-3H,4H2. The van der Waals surface area contributed by atoms with Crippen molar-refractivity contribution in [2.75, 3.05) is 0 Å². The first-order chi connectivity index (χ1) is 12.2. The normalized spacial score (nSPS) is 12.8. The molecule has 0 amide bonds. The highest BCUT2D eigenvalue weighted by Gasteiger charge is 2.17. The minimum Gasteiger partial charge on any atom is -0.344 e. The average molecular weight is 344 g/mol. The molecule has 7 rings (SSSR count). The van der Waals surface area contributed by atoms with E-state index in [1.807, 2.05) is 22.8 Å². The third kappa shape index (κ3) is 2.11. The molecule has 4 heteroatoms. The highest BCUT2D eigenvalue weighted by Crippen LogP contribution is 2.33. The van der Waals surface area contributed by atoms with Gasteiger partial charge >= 0.3 is 0 Å². The number of hydrogen-bond donors (Lipinski definition) is 0. The van der Waals surface area contributed by atoms with Crippen LogP contribution in [0.4, 0.5) is 0 Å². The van der Waals surface area contributed by atoms with Gasteiger partial charge in [-0.1, -0.05) is 36.4 Å². The summed E-state index contributed by atoms with van der Waals surface area (Å²) in [6.07, 6.45) is 0. The van der Waals surface area contributed by atoms with Crippen LogP contribution in [0.25, 0.3) is 32.7 Å². The maximum atomic E-state index is 11.4. The molecule has 0 radical (unpaired) electrons. The number of para-hydroxylation sites is 2. The summed E-state index contributed by atoms with van der Waals surface area (Å²) in [6, 6.07) is 22.9. The molecule has 0 saturated heterocycles. The third-order valence-electron chi connectivity index (χ3n) is 4.91. The van der Waals surface area contributed by atoms with Crippen LogP contribution in [0, 0.1) is 0 Å². The Morgan fingerprint density at radius 1 is 0.840 bits per heavy atom. The molecule has 3 nitrogen and oxygen atoms in total. The Balaban J connectivity index is 0.000000115. The lowest BCUT2D eigenvalue weighted by atomic mass is 10.2. The Morgan fingerprint density at radius 3 is 2.12 bits per heavy atom. The number of pyridine rings is 2. The molecule has 0 N–H and O–H groups in total. The molecule has 0 fully saturated rings. The van der Waals surface area contributed by atoms with Gasteiger partial charge in [-0.2, -0.15) is 0 Å². The lowest BCUT2D eigenvalue weighted by Crippen LogP contribution is -2.17. The van der Waals surface area contributed by atoms with Crippen molar-refractivity contribution in [2.24, 2.45) is 7.05 Å². The molecule has 4 heterocycles. The number of nitrogens with zero attached hydrogens (tertiary/aromatic N) is 2. The van der Waals surface area contributed by atoms with Gasteiger partial charge in [0.15, 0.2) is 0 Å². The van der Waals surface area contributed by atoms with Crippen LogP contribution < -0.4 is 5.56 Å². The van der Waals surface area contributed by atoms with E-state index >= 15 is 0 Å². The molecular weight excluding hydrogens is 328 g/mol. The zero-order valence-corrected chi connectivity index (χ0v) is 14.6. The quantitative estimate of drug-likeness (QED) is 0.402. The topological polar surface area (TPSA) is 26.9 Å². The Bertz CT molecular complexity index is 1230. The third-order valence-corrected chi connectivity index (χ3v) is 5.94. The van der Waals surface area contributed by atoms with Crippen LogP contribution in [0.1, 0.15) is 0 Å².